The second-order valence-corrected chi connectivity index (χ2v) is 5.21. The molecule has 2 heterocycles. The molecule has 1 aliphatic heterocycles. The number of hydrogen-bond donors (Lipinski definition) is 1. The number of carbonyl (C=O) groups excluding carboxylic acids is 1. The van der Waals surface area contributed by atoms with Gasteiger partial charge in [0.2, 0.25) is 0 Å². The summed E-state index contributed by atoms with van der Waals surface area (Å²) in [6.45, 7) is 7.63. The van der Waals surface area contributed by atoms with Crippen LogP contribution in [0.3, 0.4) is 0 Å². The molecule has 2 rings (SSSR count). The number of ether oxygens (including phenoxy) is 2. The van der Waals surface area contributed by atoms with Gasteiger partial charge in [-0.15, -0.1) is 0 Å². The lowest BCUT2D eigenvalue weighted by Crippen LogP contribution is -2.38. The number of hydrogen-bond acceptors (Lipinski definition) is 5. The fourth-order valence-corrected chi connectivity index (χ4v) is 2.48. The van der Waals surface area contributed by atoms with Crippen LogP contribution in [-0.4, -0.2) is 60.9 Å². The highest BCUT2D eigenvalue weighted by Crippen LogP contribution is 2.07. The van der Waals surface area contributed by atoms with E-state index in [0.29, 0.717) is 13.0 Å². The summed E-state index contributed by atoms with van der Waals surface area (Å²) >= 11 is 0. The highest BCUT2D eigenvalue weighted by atomic mass is 16.5. The van der Waals surface area contributed by atoms with Crippen LogP contribution in [0.2, 0.25) is 0 Å². The monoisotopic (exact) mass is 295 g/mol. The molecule has 0 spiro atoms. The summed E-state index contributed by atoms with van der Waals surface area (Å²) in [7, 11) is 0. The topological polar surface area (TPSA) is 69.7 Å². The molecule has 0 aliphatic carbocycles. The smallest absolute Gasteiger partial charge is 0.323 e. The quantitative estimate of drug-likeness (QED) is 0.730. The molecule has 118 valence electrons. The zero-order valence-electron chi connectivity index (χ0n) is 12.7. The van der Waals surface area contributed by atoms with E-state index in [1.54, 1.807) is 6.92 Å². The van der Waals surface area contributed by atoms with Crippen molar-refractivity contribution < 1.29 is 14.3 Å². The fraction of sp³-hybridized carbons (Fsp3) is 0.667. The minimum absolute atomic E-state index is 0.335. The Balaban J connectivity index is 1.84. The lowest BCUT2D eigenvalue weighted by Gasteiger charge is -2.27. The van der Waals surface area contributed by atoms with E-state index in [2.05, 4.69) is 9.47 Å². The maximum absolute atomic E-state index is 11.6. The maximum atomic E-state index is 11.6. The van der Waals surface area contributed by atoms with Crippen molar-refractivity contribution in [1.29, 1.82) is 0 Å². The Morgan fingerprint density at radius 2 is 2.19 bits per heavy atom. The van der Waals surface area contributed by atoms with Gasteiger partial charge in [-0.2, -0.15) is 0 Å². The van der Waals surface area contributed by atoms with E-state index in [-0.39, 0.29) is 5.97 Å². The van der Waals surface area contributed by atoms with Gasteiger partial charge in [0.1, 0.15) is 6.04 Å². The first-order chi connectivity index (χ1) is 10.2. The molecule has 1 saturated heterocycles. The van der Waals surface area contributed by atoms with Crippen LogP contribution >= 0.6 is 0 Å². The van der Waals surface area contributed by atoms with E-state index in [1.165, 1.54) is 0 Å². The Morgan fingerprint density at radius 1 is 1.43 bits per heavy atom. The van der Waals surface area contributed by atoms with Crippen LogP contribution in [0.15, 0.2) is 18.3 Å². The first-order valence-corrected chi connectivity index (χ1v) is 7.57. The molecule has 6 nitrogen and oxygen atoms in total. The average Bonchev–Trinajstić information content (AvgIpc) is 2.93. The van der Waals surface area contributed by atoms with Gasteiger partial charge in [0.25, 0.3) is 0 Å². The molecule has 1 fully saturated rings. The van der Waals surface area contributed by atoms with Crippen molar-refractivity contribution in [3.63, 3.8) is 0 Å². The van der Waals surface area contributed by atoms with Gasteiger partial charge in [-0.1, -0.05) is 0 Å². The van der Waals surface area contributed by atoms with E-state index >= 15 is 0 Å². The second-order valence-electron chi connectivity index (χ2n) is 5.21. The van der Waals surface area contributed by atoms with Gasteiger partial charge in [-0.3, -0.25) is 9.69 Å². The standard InChI is InChI=1S/C15H25N3O3/c1-2-21-15(19)14(16)12-13-4-3-5-18(13)7-6-17-8-10-20-11-9-17/h3-5,14H,2,6-12,16H2,1H3. The molecule has 0 aromatic carbocycles. The SMILES string of the molecule is CCOC(=O)C(N)Cc1cccn1CCN1CCOCC1. The molecule has 0 bridgehead atoms. The number of morpholine rings is 1. The normalized spacial score (nSPS) is 17.6. The molecule has 1 aliphatic rings. The number of nitrogens with two attached hydrogens (primary N) is 1. The molecule has 2 N–H and O–H groups in total. The Kier molecular flexibility index (Phi) is 6.22. The van der Waals surface area contributed by atoms with Gasteiger partial charge in [0.15, 0.2) is 0 Å². The maximum Gasteiger partial charge on any atom is 0.323 e. The Bertz CT molecular complexity index is 441. The minimum atomic E-state index is -0.595. The van der Waals surface area contributed by atoms with Crippen molar-refractivity contribution in [3.05, 3.63) is 24.0 Å². The van der Waals surface area contributed by atoms with Crippen molar-refractivity contribution in [1.82, 2.24) is 9.47 Å². The van der Waals surface area contributed by atoms with E-state index in [4.69, 9.17) is 15.2 Å². The molecular formula is C15H25N3O3. The summed E-state index contributed by atoms with van der Waals surface area (Å²) < 4.78 is 12.5. The van der Waals surface area contributed by atoms with E-state index in [1.807, 2.05) is 18.3 Å². The van der Waals surface area contributed by atoms with Crippen LogP contribution in [0.1, 0.15) is 12.6 Å². The van der Waals surface area contributed by atoms with E-state index in [0.717, 1.165) is 45.1 Å². The molecule has 0 saturated carbocycles. The fourth-order valence-electron chi connectivity index (χ4n) is 2.48. The summed E-state index contributed by atoms with van der Waals surface area (Å²) in [6, 6.07) is 3.41. The lowest BCUT2D eigenvalue weighted by molar-refractivity contribution is -0.144. The van der Waals surface area contributed by atoms with Crippen molar-refractivity contribution >= 4 is 5.97 Å². The number of nitrogens with zero attached hydrogens (tertiary/aromatic N) is 2. The average molecular weight is 295 g/mol. The molecule has 1 aromatic rings. The van der Waals surface area contributed by atoms with Gasteiger partial charge in [-0.05, 0) is 19.1 Å². The third kappa shape index (κ3) is 4.84. The van der Waals surface area contributed by atoms with Crippen molar-refractivity contribution in [2.45, 2.75) is 25.9 Å². The molecule has 6 heteroatoms. The molecular weight excluding hydrogens is 270 g/mol. The number of aromatic nitrogens is 1. The van der Waals surface area contributed by atoms with Gasteiger partial charge in [0, 0.05) is 44.5 Å². The highest BCUT2D eigenvalue weighted by Gasteiger charge is 2.17. The van der Waals surface area contributed by atoms with Crippen molar-refractivity contribution in [2.75, 3.05) is 39.5 Å². The van der Waals surface area contributed by atoms with Crippen molar-refractivity contribution in [3.8, 4) is 0 Å². The first-order valence-electron chi connectivity index (χ1n) is 7.57. The van der Waals surface area contributed by atoms with Crippen LogP contribution in [0.25, 0.3) is 0 Å². The van der Waals surface area contributed by atoms with E-state index in [9.17, 15) is 4.79 Å². The Hall–Kier alpha value is -1.37. The Morgan fingerprint density at radius 3 is 2.90 bits per heavy atom. The zero-order valence-corrected chi connectivity index (χ0v) is 12.7. The lowest BCUT2D eigenvalue weighted by atomic mass is 10.1. The predicted molar refractivity (Wildman–Crippen MR) is 80.0 cm³/mol. The van der Waals surface area contributed by atoms with Gasteiger partial charge in [0.05, 0.1) is 19.8 Å². The summed E-state index contributed by atoms with van der Waals surface area (Å²) in [6.07, 6.45) is 2.54. The largest absolute Gasteiger partial charge is 0.465 e. The van der Waals surface area contributed by atoms with Crippen LogP contribution < -0.4 is 5.73 Å². The summed E-state index contributed by atoms with van der Waals surface area (Å²) in [4.78, 5) is 14.0. The summed E-state index contributed by atoms with van der Waals surface area (Å²) in [5, 5.41) is 0. The number of rotatable bonds is 7. The van der Waals surface area contributed by atoms with Crippen LogP contribution in [-0.2, 0) is 27.2 Å². The molecule has 0 radical (unpaired) electrons. The second kappa shape index (κ2) is 8.17. The number of esters is 1. The molecule has 1 atom stereocenters. The van der Waals surface area contributed by atoms with Gasteiger partial charge in [-0.25, -0.2) is 0 Å². The third-order valence-corrected chi connectivity index (χ3v) is 3.70. The molecule has 1 aromatic heterocycles. The van der Waals surface area contributed by atoms with Gasteiger partial charge < -0.3 is 19.8 Å². The van der Waals surface area contributed by atoms with Crippen molar-refractivity contribution in [2.24, 2.45) is 5.73 Å². The Labute approximate surface area is 125 Å². The minimum Gasteiger partial charge on any atom is -0.465 e. The van der Waals surface area contributed by atoms with E-state index < -0.39 is 6.04 Å². The first kappa shape index (κ1) is 16.0. The number of carbonyl (C=O) groups is 1. The molecule has 21 heavy (non-hydrogen) atoms. The van der Waals surface area contributed by atoms with Crippen LogP contribution in [0.5, 0.6) is 0 Å². The predicted octanol–water partition coefficient (Wildman–Crippen LogP) is 0.253. The molecule has 0 amide bonds. The summed E-state index contributed by atoms with van der Waals surface area (Å²) in [5.74, 6) is -0.335. The summed E-state index contributed by atoms with van der Waals surface area (Å²) in [5.41, 5.74) is 6.96. The van der Waals surface area contributed by atoms with Crippen LogP contribution in [0.4, 0.5) is 0 Å². The van der Waals surface area contributed by atoms with Gasteiger partial charge >= 0.3 is 5.97 Å². The third-order valence-electron chi connectivity index (χ3n) is 3.70. The molecule has 1 unspecified atom stereocenters. The van der Waals surface area contributed by atoms with Crippen LogP contribution in [0, 0.1) is 0 Å². The highest BCUT2D eigenvalue weighted by molar-refractivity contribution is 5.75. The zero-order chi connectivity index (χ0) is 15.1.